The summed E-state index contributed by atoms with van der Waals surface area (Å²) >= 11 is 0. The van der Waals surface area contributed by atoms with E-state index in [0.29, 0.717) is 12.4 Å². The number of carbonyl (C=O) groups excluding carboxylic acids is 1. The van der Waals surface area contributed by atoms with Crippen LogP contribution in [-0.2, 0) is 9.53 Å². The maximum Gasteiger partial charge on any atom is 0.335 e. The Kier molecular flexibility index (Phi) is 8.01. The molecule has 0 saturated carbocycles. The second kappa shape index (κ2) is 10.5. The monoisotopic (exact) mass is 370 g/mol. The summed E-state index contributed by atoms with van der Waals surface area (Å²) in [4.78, 5) is 22.8. The predicted molar refractivity (Wildman–Crippen MR) is 104 cm³/mol. The van der Waals surface area contributed by atoms with Crippen molar-refractivity contribution in [2.24, 2.45) is 0 Å². The minimum absolute atomic E-state index is 0.157. The Morgan fingerprint density at radius 2 is 1.59 bits per heavy atom. The van der Waals surface area contributed by atoms with E-state index in [2.05, 4.69) is 6.92 Å². The van der Waals surface area contributed by atoms with Crippen molar-refractivity contribution in [2.45, 2.75) is 45.6 Å². The van der Waals surface area contributed by atoms with Crippen molar-refractivity contribution in [2.75, 3.05) is 6.61 Å². The van der Waals surface area contributed by atoms with Gasteiger partial charge in [0, 0.05) is 0 Å². The Hall–Kier alpha value is -2.66. The summed E-state index contributed by atoms with van der Waals surface area (Å²) in [6.07, 6.45) is 3.63. The summed E-state index contributed by atoms with van der Waals surface area (Å²) in [6, 6.07) is 13.7. The molecule has 0 aromatic heterocycles. The van der Waals surface area contributed by atoms with Gasteiger partial charge in [-0.15, -0.1) is 0 Å². The van der Waals surface area contributed by atoms with Gasteiger partial charge >= 0.3 is 11.9 Å². The Labute approximate surface area is 159 Å². The van der Waals surface area contributed by atoms with Crippen LogP contribution in [0.2, 0.25) is 0 Å². The molecule has 144 valence electrons. The van der Waals surface area contributed by atoms with E-state index >= 15 is 0 Å². The molecule has 0 spiro atoms. The standard InChI is InChI=1S/C22H26O5/c1-3-4-5-16(2)26-15-14-21(23)27-20-12-10-18(11-13-20)17-6-8-19(9-7-17)22(24)25/h6-13,16H,3-5,14-15H2,1-2H3,(H,24,25)/t16-/m1/s1. The number of hydrogen-bond acceptors (Lipinski definition) is 4. The highest BCUT2D eigenvalue weighted by molar-refractivity contribution is 5.88. The highest BCUT2D eigenvalue weighted by Gasteiger charge is 2.08. The summed E-state index contributed by atoms with van der Waals surface area (Å²) in [5.41, 5.74) is 2.06. The van der Waals surface area contributed by atoms with E-state index in [9.17, 15) is 9.59 Å². The zero-order chi connectivity index (χ0) is 19.6. The molecule has 0 saturated heterocycles. The molecule has 0 heterocycles. The third kappa shape index (κ3) is 6.87. The second-order valence-electron chi connectivity index (χ2n) is 6.45. The largest absolute Gasteiger partial charge is 0.478 e. The number of ether oxygens (including phenoxy) is 2. The Morgan fingerprint density at radius 1 is 1.00 bits per heavy atom. The van der Waals surface area contributed by atoms with Crippen LogP contribution >= 0.6 is 0 Å². The van der Waals surface area contributed by atoms with Gasteiger partial charge in [-0.05, 0) is 48.7 Å². The number of carbonyl (C=O) groups is 2. The minimum atomic E-state index is -0.951. The lowest BCUT2D eigenvalue weighted by Crippen LogP contribution is -2.15. The molecule has 1 N–H and O–H groups in total. The maximum atomic E-state index is 11.9. The third-order valence-electron chi connectivity index (χ3n) is 4.22. The molecule has 5 nitrogen and oxygen atoms in total. The van der Waals surface area contributed by atoms with E-state index < -0.39 is 5.97 Å². The van der Waals surface area contributed by atoms with Crippen molar-refractivity contribution in [3.8, 4) is 16.9 Å². The van der Waals surface area contributed by atoms with Crippen LogP contribution < -0.4 is 4.74 Å². The molecule has 0 radical (unpaired) electrons. The van der Waals surface area contributed by atoms with Crippen LogP contribution in [0.4, 0.5) is 0 Å². The van der Waals surface area contributed by atoms with Gasteiger partial charge < -0.3 is 14.6 Å². The SMILES string of the molecule is CCCC[C@@H](C)OCCC(=O)Oc1ccc(-c2ccc(C(=O)O)cc2)cc1. The fourth-order valence-corrected chi connectivity index (χ4v) is 2.62. The number of unbranched alkanes of at least 4 members (excludes halogenated alkanes) is 1. The van der Waals surface area contributed by atoms with Crippen molar-refractivity contribution < 1.29 is 24.2 Å². The lowest BCUT2D eigenvalue weighted by molar-refractivity contribution is -0.136. The number of benzene rings is 2. The van der Waals surface area contributed by atoms with E-state index in [4.69, 9.17) is 14.6 Å². The van der Waals surface area contributed by atoms with E-state index in [1.807, 2.05) is 19.1 Å². The van der Waals surface area contributed by atoms with Crippen LogP contribution in [0.3, 0.4) is 0 Å². The van der Waals surface area contributed by atoms with Gasteiger partial charge in [0.05, 0.1) is 24.7 Å². The zero-order valence-electron chi connectivity index (χ0n) is 15.8. The first kappa shape index (κ1) is 20.6. The first-order valence-corrected chi connectivity index (χ1v) is 9.25. The lowest BCUT2D eigenvalue weighted by Gasteiger charge is -2.12. The number of hydrogen-bond donors (Lipinski definition) is 1. The zero-order valence-corrected chi connectivity index (χ0v) is 15.8. The van der Waals surface area contributed by atoms with Crippen LogP contribution in [0, 0.1) is 0 Å². The summed E-state index contributed by atoms with van der Waals surface area (Å²) in [5.74, 6) is -0.797. The van der Waals surface area contributed by atoms with Crippen LogP contribution in [0.5, 0.6) is 5.75 Å². The van der Waals surface area contributed by atoms with Gasteiger partial charge in [-0.1, -0.05) is 44.0 Å². The minimum Gasteiger partial charge on any atom is -0.478 e. The molecule has 2 aromatic rings. The second-order valence-corrected chi connectivity index (χ2v) is 6.45. The topological polar surface area (TPSA) is 72.8 Å². The Balaban J connectivity index is 1.82. The highest BCUT2D eigenvalue weighted by atomic mass is 16.5. The normalized spacial score (nSPS) is 11.8. The van der Waals surface area contributed by atoms with Crippen LogP contribution in [0.15, 0.2) is 48.5 Å². The van der Waals surface area contributed by atoms with Gasteiger partial charge in [0.2, 0.25) is 0 Å². The van der Waals surface area contributed by atoms with Crippen molar-refractivity contribution >= 4 is 11.9 Å². The molecular weight excluding hydrogens is 344 g/mol. The predicted octanol–water partition coefficient (Wildman–Crippen LogP) is 4.94. The highest BCUT2D eigenvalue weighted by Crippen LogP contribution is 2.23. The number of rotatable bonds is 10. The van der Waals surface area contributed by atoms with E-state index in [-0.39, 0.29) is 24.1 Å². The maximum absolute atomic E-state index is 11.9. The molecule has 2 aromatic carbocycles. The number of esters is 1. The number of carboxylic acid groups (broad SMARTS) is 1. The van der Waals surface area contributed by atoms with Gasteiger partial charge in [0.25, 0.3) is 0 Å². The molecule has 0 aliphatic carbocycles. The molecule has 0 amide bonds. The molecule has 1 atom stereocenters. The molecular formula is C22H26O5. The van der Waals surface area contributed by atoms with Crippen molar-refractivity contribution in [1.29, 1.82) is 0 Å². The summed E-state index contributed by atoms with van der Waals surface area (Å²) in [6.45, 7) is 4.51. The average molecular weight is 370 g/mol. The third-order valence-corrected chi connectivity index (χ3v) is 4.22. The van der Waals surface area contributed by atoms with Crippen LogP contribution in [-0.4, -0.2) is 29.8 Å². The van der Waals surface area contributed by atoms with Gasteiger partial charge in [-0.2, -0.15) is 0 Å². The Bertz CT molecular complexity index is 734. The molecule has 0 unspecified atom stereocenters. The summed E-state index contributed by atoms with van der Waals surface area (Å²) < 4.78 is 10.9. The molecule has 0 fully saturated rings. The first-order valence-electron chi connectivity index (χ1n) is 9.25. The number of aromatic carboxylic acids is 1. The summed E-state index contributed by atoms with van der Waals surface area (Å²) in [7, 11) is 0. The fourth-order valence-electron chi connectivity index (χ4n) is 2.62. The Morgan fingerprint density at radius 3 is 2.15 bits per heavy atom. The molecule has 0 aliphatic heterocycles. The van der Waals surface area contributed by atoms with E-state index in [1.54, 1.807) is 36.4 Å². The lowest BCUT2D eigenvalue weighted by atomic mass is 10.0. The molecule has 27 heavy (non-hydrogen) atoms. The van der Waals surface area contributed by atoms with Crippen LogP contribution in [0.25, 0.3) is 11.1 Å². The van der Waals surface area contributed by atoms with Gasteiger partial charge in [-0.25, -0.2) is 4.79 Å². The van der Waals surface area contributed by atoms with Crippen molar-refractivity contribution in [3.63, 3.8) is 0 Å². The van der Waals surface area contributed by atoms with Gasteiger partial charge in [-0.3, -0.25) is 4.79 Å². The van der Waals surface area contributed by atoms with Crippen molar-refractivity contribution in [1.82, 2.24) is 0 Å². The van der Waals surface area contributed by atoms with Gasteiger partial charge in [0.1, 0.15) is 5.75 Å². The first-order chi connectivity index (χ1) is 13.0. The molecule has 0 aliphatic rings. The van der Waals surface area contributed by atoms with Gasteiger partial charge in [0.15, 0.2) is 0 Å². The average Bonchev–Trinajstić information content (AvgIpc) is 2.67. The molecule has 5 heteroatoms. The smallest absolute Gasteiger partial charge is 0.335 e. The quantitative estimate of drug-likeness (QED) is 0.473. The summed E-state index contributed by atoms with van der Waals surface area (Å²) in [5, 5.41) is 8.94. The number of carboxylic acids is 1. The molecule has 0 bridgehead atoms. The van der Waals surface area contributed by atoms with Crippen LogP contribution in [0.1, 0.15) is 49.9 Å². The fraction of sp³-hybridized carbons (Fsp3) is 0.364. The molecule has 2 rings (SSSR count). The van der Waals surface area contributed by atoms with Crippen molar-refractivity contribution in [3.05, 3.63) is 54.1 Å². The van der Waals surface area contributed by atoms with E-state index in [0.717, 1.165) is 30.4 Å². The van der Waals surface area contributed by atoms with E-state index in [1.165, 1.54) is 0 Å².